The van der Waals surface area contributed by atoms with Crippen LogP contribution in [0.25, 0.3) is 0 Å². The minimum absolute atomic E-state index is 0.244. The van der Waals surface area contributed by atoms with Crippen LogP contribution in [0, 0.1) is 0 Å². The first-order valence-corrected chi connectivity index (χ1v) is 7.58. The summed E-state index contributed by atoms with van der Waals surface area (Å²) >= 11 is 1.93. The Morgan fingerprint density at radius 3 is 2.50 bits per heavy atom. The predicted molar refractivity (Wildman–Crippen MR) is 74.3 cm³/mol. The third-order valence-electron chi connectivity index (χ3n) is 2.41. The molecule has 0 rings (SSSR count). The van der Waals surface area contributed by atoms with E-state index in [1.807, 2.05) is 30.8 Å². The molecule has 0 saturated carbocycles. The molecule has 0 aliphatic carbocycles. The zero-order valence-electron chi connectivity index (χ0n) is 11.0. The van der Waals surface area contributed by atoms with E-state index in [-0.39, 0.29) is 6.10 Å². The summed E-state index contributed by atoms with van der Waals surface area (Å²) < 4.78 is 0. The number of hydrogen-bond donors (Lipinski definition) is 2. The van der Waals surface area contributed by atoms with E-state index in [1.165, 1.54) is 31.4 Å². The summed E-state index contributed by atoms with van der Waals surface area (Å²) in [5.41, 5.74) is 0. The molecule has 0 aromatic heterocycles. The summed E-state index contributed by atoms with van der Waals surface area (Å²) in [6.07, 6.45) is 7.12. The second-order valence-corrected chi connectivity index (χ2v) is 5.51. The second-order valence-electron chi connectivity index (χ2n) is 4.53. The number of aliphatic hydroxyl groups is 1. The third-order valence-corrected chi connectivity index (χ3v) is 3.10. The van der Waals surface area contributed by atoms with Crippen molar-refractivity contribution in [1.82, 2.24) is 10.2 Å². The average molecular weight is 248 g/mol. The summed E-state index contributed by atoms with van der Waals surface area (Å²) in [7, 11) is 3.96. The number of nitrogens with one attached hydrogen (secondary N) is 1. The van der Waals surface area contributed by atoms with Crippen LogP contribution < -0.4 is 5.32 Å². The second kappa shape index (κ2) is 11.7. The molecule has 98 valence electrons. The van der Waals surface area contributed by atoms with Crippen LogP contribution >= 0.6 is 11.8 Å². The maximum Gasteiger partial charge on any atom is 0.0791 e. The maximum atomic E-state index is 9.59. The molecule has 1 atom stereocenters. The Bertz CT molecular complexity index is 145. The number of likely N-dealkylation sites (N-methyl/N-ethyl adjacent to an activating group) is 1. The van der Waals surface area contributed by atoms with Gasteiger partial charge in [-0.05, 0) is 45.5 Å². The molecular formula is C12H28N2OS. The van der Waals surface area contributed by atoms with E-state index in [1.54, 1.807) is 0 Å². The van der Waals surface area contributed by atoms with Gasteiger partial charge in [0.2, 0.25) is 0 Å². The monoisotopic (exact) mass is 248 g/mol. The van der Waals surface area contributed by atoms with Gasteiger partial charge in [-0.1, -0.05) is 12.8 Å². The Labute approximate surface area is 105 Å². The van der Waals surface area contributed by atoms with Gasteiger partial charge in [-0.15, -0.1) is 0 Å². The van der Waals surface area contributed by atoms with Crippen LogP contribution in [-0.4, -0.2) is 61.8 Å². The SMILES string of the molecule is CSCCCCCCNCC(O)CN(C)C. The summed E-state index contributed by atoms with van der Waals surface area (Å²) in [6, 6.07) is 0. The van der Waals surface area contributed by atoms with E-state index < -0.39 is 0 Å². The summed E-state index contributed by atoms with van der Waals surface area (Å²) in [5.74, 6) is 1.29. The number of nitrogens with zero attached hydrogens (tertiary/aromatic N) is 1. The van der Waals surface area contributed by atoms with Gasteiger partial charge in [0.15, 0.2) is 0 Å². The molecule has 0 spiro atoms. The topological polar surface area (TPSA) is 35.5 Å². The van der Waals surface area contributed by atoms with Crippen molar-refractivity contribution in [2.45, 2.75) is 31.8 Å². The highest BCUT2D eigenvalue weighted by atomic mass is 32.2. The van der Waals surface area contributed by atoms with Crippen LogP contribution in [0.4, 0.5) is 0 Å². The number of rotatable bonds is 11. The molecular weight excluding hydrogens is 220 g/mol. The molecule has 0 radical (unpaired) electrons. The fourth-order valence-corrected chi connectivity index (χ4v) is 2.10. The summed E-state index contributed by atoms with van der Waals surface area (Å²) in [6.45, 7) is 2.48. The number of unbranched alkanes of at least 4 members (excludes halogenated alkanes) is 3. The molecule has 4 heteroatoms. The van der Waals surface area contributed by atoms with Crippen molar-refractivity contribution in [2.75, 3.05) is 45.7 Å². The highest BCUT2D eigenvalue weighted by Crippen LogP contribution is 2.03. The van der Waals surface area contributed by atoms with Gasteiger partial charge in [-0.25, -0.2) is 0 Å². The highest BCUT2D eigenvalue weighted by Gasteiger charge is 2.03. The molecule has 1 unspecified atom stereocenters. The van der Waals surface area contributed by atoms with E-state index >= 15 is 0 Å². The molecule has 0 heterocycles. The molecule has 0 aromatic rings. The van der Waals surface area contributed by atoms with Gasteiger partial charge in [0, 0.05) is 13.1 Å². The van der Waals surface area contributed by atoms with Crippen molar-refractivity contribution < 1.29 is 5.11 Å². The summed E-state index contributed by atoms with van der Waals surface area (Å²) in [5, 5.41) is 12.9. The first-order chi connectivity index (χ1) is 7.66. The average Bonchev–Trinajstić information content (AvgIpc) is 2.21. The molecule has 3 nitrogen and oxygen atoms in total. The zero-order valence-corrected chi connectivity index (χ0v) is 11.9. The van der Waals surface area contributed by atoms with Crippen molar-refractivity contribution in [3.05, 3.63) is 0 Å². The van der Waals surface area contributed by atoms with Crippen LogP contribution in [0.1, 0.15) is 25.7 Å². The van der Waals surface area contributed by atoms with Crippen LogP contribution in [0.2, 0.25) is 0 Å². The minimum Gasteiger partial charge on any atom is -0.390 e. The number of hydrogen-bond acceptors (Lipinski definition) is 4. The molecule has 0 aliphatic rings. The highest BCUT2D eigenvalue weighted by molar-refractivity contribution is 7.98. The van der Waals surface area contributed by atoms with Gasteiger partial charge < -0.3 is 15.3 Å². The van der Waals surface area contributed by atoms with Crippen molar-refractivity contribution in [1.29, 1.82) is 0 Å². The molecule has 16 heavy (non-hydrogen) atoms. The Morgan fingerprint density at radius 2 is 1.88 bits per heavy atom. The van der Waals surface area contributed by atoms with Crippen LogP contribution in [0.3, 0.4) is 0 Å². The lowest BCUT2D eigenvalue weighted by Gasteiger charge is -2.16. The van der Waals surface area contributed by atoms with Crippen molar-refractivity contribution in [3.8, 4) is 0 Å². The fourth-order valence-electron chi connectivity index (χ4n) is 1.60. The van der Waals surface area contributed by atoms with E-state index in [0.717, 1.165) is 13.1 Å². The molecule has 2 N–H and O–H groups in total. The minimum atomic E-state index is -0.244. The lowest BCUT2D eigenvalue weighted by atomic mass is 10.2. The van der Waals surface area contributed by atoms with Gasteiger partial charge >= 0.3 is 0 Å². The third kappa shape index (κ3) is 12.3. The van der Waals surface area contributed by atoms with Crippen LogP contribution in [-0.2, 0) is 0 Å². The molecule has 0 aromatic carbocycles. The Morgan fingerprint density at radius 1 is 1.19 bits per heavy atom. The normalized spacial score (nSPS) is 13.3. The van der Waals surface area contributed by atoms with E-state index in [2.05, 4.69) is 11.6 Å². The largest absolute Gasteiger partial charge is 0.390 e. The lowest BCUT2D eigenvalue weighted by molar-refractivity contribution is 0.135. The smallest absolute Gasteiger partial charge is 0.0791 e. The Balaban J connectivity index is 3.08. The molecule has 0 amide bonds. The molecule has 0 bridgehead atoms. The van der Waals surface area contributed by atoms with Gasteiger partial charge in [0.05, 0.1) is 6.10 Å². The van der Waals surface area contributed by atoms with E-state index in [0.29, 0.717) is 6.54 Å². The van der Waals surface area contributed by atoms with Crippen LogP contribution in [0.5, 0.6) is 0 Å². The van der Waals surface area contributed by atoms with Crippen molar-refractivity contribution in [3.63, 3.8) is 0 Å². The standard InChI is InChI=1S/C12H28N2OS/c1-14(2)11-12(15)10-13-8-6-4-5-7-9-16-3/h12-13,15H,4-11H2,1-3H3. The number of aliphatic hydroxyl groups excluding tert-OH is 1. The maximum absolute atomic E-state index is 9.59. The van der Waals surface area contributed by atoms with Crippen molar-refractivity contribution in [2.24, 2.45) is 0 Å². The van der Waals surface area contributed by atoms with Gasteiger partial charge in [-0.3, -0.25) is 0 Å². The summed E-state index contributed by atoms with van der Waals surface area (Å²) in [4.78, 5) is 2.01. The van der Waals surface area contributed by atoms with Crippen molar-refractivity contribution >= 4 is 11.8 Å². The first-order valence-electron chi connectivity index (χ1n) is 6.19. The number of thioether (sulfide) groups is 1. The zero-order chi connectivity index (χ0) is 12.2. The quantitative estimate of drug-likeness (QED) is 0.542. The van der Waals surface area contributed by atoms with Gasteiger partial charge in [-0.2, -0.15) is 11.8 Å². The Kier molecular flexibility index (Phi) is 11.9. The molecule has 0 saturated heterocycles. The lowest BCUT2D eigenvalue weighted by Crippen LogP contribution is -2.35. The predicted octanol–water partition coefficient (Wildman–Crippen LogP) is 1.42. The molecule has 0 fully saturated rings. The Hall–Kier alpha value is 0.230. The van der Waals surface area contributed by atoms with Gasteiger partial charge in [0.25, 0.3) is 0 Å². The van der Waals surface area contributed by atoms with Crippen LogP contribution in [0.15, 0.2) is 0 Å². The fraction of sp³-hybridized carbons (Fsp3) is 1.00. The molecule has 0 aliphatic heterocycles. The van der Waals surface area contributed by atoms with E-state index in [9.17, 15) is 5.11 Å². The first kappa shape index (κ1) is 16.2. The van der Waals surface area contributed by atoms with Gasteiger partial charge in [0.1, 0.15) is 0 Å². The van der Waals surface area contributed by atoms with E-state index in [4.69, 9.17) is 0 Å².